The van der Waals surface area contributed by atoms with Gasteiger partial charge in [0, 0.05) is 13.1 Å². The summed E-state index contributed by atoms with van der Waals surface area (Å²) in [6, 6.07) is 1.74. The normalized spacial score (nSPS) is 16.9. The van der Waals surface area contributed by atoms with Crippen LogP contribution in [0.3, 0.4) is 0 Å². The van der Waals surface area contributed by atoms with Gasteiger partial charge in [-0.3, -0.25) is 0 Å². The molecule has 0 amide bonds. The quantitative estimate of drug-likeness (QED) is 0.708. The highest BCUT2D eigenvalue weighted by atomic mass is 32.2. The molecule has 1 aromatic heterocycles. The van der Waals surface area contributed by atoms with Gasteiger partial charge in [0.15, 0.2) is 0 Å². The summed E-state index contributed by atoms with van der Waals surface area (Å²) in [6.07, 6.45) is 3.41. The molecule has 0 radical (unpaired) electrons. The van der Waals surface area contributed by atoms with Crippen molar-refractivity contribution in [1.29, 1.82) is 0 Å². The Balaban J connectivity index is 1.77. The first-order chi connectivity index (χ1) is 9.62. The Morgan fingerprint density at radius 3 is 2.80 bits per heavy atom. The first kappa shape index (κ1) is 15.9. The van der Waals surface area contributed by atoms with Crippen molar-refractivity contribution in [2.75, 3.05) is 33.2 Å². The predicted molar refractivity (Wildman–Crippen MR) is 82.6 cm³/mol. The first-order valence-electron chi connectivity index (χ1n) is 7.06. The summed E-state index contributed by atoms with van der Waals surface area (Å²) in [7, 11) is -1.48. The zero-order valence-corrected chi connectivity index (χ0v) is 13.5. The summed E-state index contributed by atoms with van der Waals surface area (Å²) < 4.78 is 27.3. The molecule has 1 aliphatic heterocycles. The molecule has 114 valence electrons. The van der Waals surface area contributed by atoms with E-state index in [-0.39, 0.29) is 0 Å². The minimum Gasteiger partial charge on any atom is -0.316 e. The van der Waals surface area contributed by atoms with Crippen LogP contribution in [0.5, 0.6) is 0 Å². The lowest BCUT2D eigenvalue weighted by Gasteiger charge is -2.14. The third kappa shape index (κ3) is 4.53. The van der Waals surface area contributed by atoms with Gasteiger partial charge in [0.05, 0.1) is 0 Å². The second-order valence-electron chi connectivity index (χ2n) is 5.10. The second kappa shape index (κ2) is 7.51. The Labute approximate surface area is 125 Å². The molecule has 2 rings (SSSR count). The SMILES string of the molecule is CNCc1csc(S(=O)(=O)NCCCN2CCCC2)c1. The number of likely N-dealkylation sites (tertiary alicyclic amines) is 1. The standard InChI is InChI=1S/C13H23N3O2S2/c1-14-10-12-9-13(19-11-12)20(17,18)15-5-4-8-16-6-2-3-7-16/h9,11,14-15H,2-8,10H2,1H3. The lowest BCUT2D eigenvalue weighted by molar-refractivity contribution is 0.334. The number of rotatable bonds is 8. The maximum absolute atomic E-state index is 12.1. The maximum atomic E-state index is 12.1. The van der Waals surface area contributed by atoms with Crippen molar-refractivity contribution < 1.29 is 8.42 Å². The number of nitrogens with one attached hydrogen (secondary N) is 2. The molecule has 0 saturated carbocycles. The number of thiophene rings is 1. The predicted octanol–water partition coefficient (Wildman–Crippen LogP) is 1.23. The Morgan fingerprint density at radius 2 is 2.10 bits per heavy atom. The summed E-state index contributed by atoms with van der Waals surface area (Å²) in [5.41, 5.74) is 1.01. The van der Waals surface area contributed by atoms with Crippen LogP contribution in [0.2, 0.25) is 0 Å². The third-order valence-corrected chi connectivity index (χ3v) is 6.37. The fourth-order valence-corrected chi connectivity index (χ4v) is 4.71. The summed E-state index contributed by atoms with van der Waals surface area (Å²) in [5.74, 6) is 0. The van der Waals surface area contributed by atoms with E-state index in [9.17, 15) is 8.42 Å². The van der Waals surface area contributed by atoms with Crippen molar-refractivity contribution in [2.24, 2.45) is 0 Å². The van der Waals surface area contributed by atoms with E-state index in [1.165, 1.54) is 24.2 Å². The smallest absolute Gasteiger partial charge is 0.250 e. The van der Waals surface area contributed by atoms with Gasteiger partial charge < -0.3 is 10.2 Å². The molecular formula is C13H23N3O2S2. The fourth-order valence-electron chi connectivity index (χ4n) is 2.38. The van der Waals surface area contributed by atoms with Gasteiger partial charge in [0.2, 0.25) is 10.0 Å². The Kier molecular flexibility index (Phi) is 5.98. The first-order valence-corrected chi connectivity index (χ1v) is 9.42. The van der Waals surface area contributed by atoms with Crippen LogP contribution in [0.15, 0.2) is 15.7 Å². The van der Waals surface area contributed by atoms with Gasteiger partial charge >= 0.3 is 0 Å². The molecular weight excluding hydrogens is 294 g/mol. The van der Waals surface area contributed by atoms with Crippen LogP contribution in [0.1, 0.15) is 24.8 Å². The van der Waals surface area contributed by atoms with Crippen molar-refractivity contribution in [1.82, 2.24) is 14.9 Å². The second-order valence-corrected chi connectivity index (χ2v) is 8.01. The van der Waals surface area contributed by atoms with Gasteiger partial charge in [-0.25, -0.2) is 13.1 Å². The van der Waals surface area contributed by atoms with Crippen molar-refractivity contribution in [3.05, 3.63) is 17.0 Å². The minimum absolute atomic E-state index is 0.406. The van der Waals surface area contributed by atoms with Crippen LogP contribution in [0, 0.1) is 0 Å². The Hall–Kier alpha value is -0.470. The van der Waals surface area contributed by atoms with E-state index in [1.54, 1.807) is 6.07 Å². The molecule has 7 heteroatoms. The van der Waals surface area contributed by atoms with Crippen LogP contribution in [-0.4, -0.2) is 46.5 Å². The highest BCUT2D eigenvalue weighted by Gasteiger charge is 2.16. The van der Waals surface area contributed by atoms with E-state index >= 15 is 0 Å². The molecule has 0 aliphatic carbocycles. The van der Waals surface area contributed by atoms with Crippen LogP contribution >= 0.6 is 11.3 Å². The molecule has 0 unspecified atom stereocenters. The minimum atomic E-state index is -3.33. The monoisotopic (exact) mass is 317 g/mol. The molecule has 1 fully saturated rings. The number of nitrogens with zero attached hydrogens (tertiary/aromatic N) is 1. The number of hydrogen-bond acceptors (Lipinski definition) is 5. The van der Waals surface area contributed by atoms with Crippen LogP contribution in [-0.2, 0) is 16.6 Å². The van der Waals surface area contributed by atoms with E-state index in [2.05, 4.69) is 14.9 Å². The zero-order chi connectivity index (χ0) is 14.4. The van der Waals surface area contributed by atoms with Gasteiger partial charge in [0.1, 0.15) is 4.21 Å². The van der Waals surface area contributed by atoms with Crippen molar-refractivity contribution in [2.45, 2.75) is 30.0 Å². The number of hydrogen-bond donors (Lipinski definition) is 2. The average molecular weight is 317 g/mol. The average Bonchev–Trinajstić information content (AvgIpc) is 3.06. The van der Waals surface area contributed by atoms with Crippen LogP contribution < -0.4 is 10.0 Å². The van der Waals surface area contributed by atoms with E-state index < -0.39 is 10.0 Å². The van der Waals surface area contributed by atoms with Gasteiger partial charge in [-0.05, 0) is 63.0 Å². The summed E-state index contributed by atoms with van der Waals surface area (Å²) in [4.78, 5) is 2.39. The topological polar surface area (TPSA) is 61.4 Å². The van der Waals surface area contributed by atoms with Gasteiger partial charge in [-0.1, -0.05) is 0 Å². The molecule has 0 aromatic carbocycles. The zero-order valence-electron chi connectivity index (χ0n) is 11.9. The highest BCUT2D eigenvalue weighted by Crippen LogP contribution is 2.19. The van der Waals surface area contributed by atoms with Crippen molar-refractivity contribution >= 4 is 21.4 Å². The lowest BCUT2D eigenvalue weighted by Crippen LogP contribution is -2.28. The van der Waals surface area contributed by atoms with E-state index in [4.69, 9.17) is 0 Å². The maximum Gasteiger partial charge on any atom is 0.250 e. The molecule has 1 saturated heterocycles. The van der Waals surface area contributed by atoms with Crippen molar-refractivity contribution in [3.63, 3.8) is 0 Å². The van der Waals surface area contributed by atoms with E-state index in [0.717, 1.165) is 31.6 Å². The molecule has 2 N–H and O–H groups in total. The van der Waals surface area contributed by atoms with Crippen LogP contribution in [0.4, 0.5) is 0 Å². The molecule has 0 bridgehead atoms. The Morgan fingerprint density at radius 1 is 1.35 bits per heavy atom. The largest absolute Gasteiger partial charge is 0.316 e. The summed E-state index contributed by atoms with van der Waals surface area (Å²) >= 11 is 1.28. The highest BCUT2D eigenvalue weighted by molar-refractivity contribution is 7.91. The molecule has 5 nitrogen and oxygen atoms in total. The molecule has 20 heavy (non-hydrogen) atoms. The molecule has 2 heterocycles. The van der Waals surface area contributed by atoms with Gasteiger partial charge in [-0.15, -0.1) is 11.3 Å². The van der Waals surface area contributed by atoms with Gasteiger partial charge in [0.25, 0.3) is 0 Å². The molecule has 0 spiro atoms. The van der Waals surface area contributed by atoms with E-state index in [0.29, 0.717) is 17.3 Å². The number of sulfonamides is 1. The van der Waals surface area contributed by atoms with Crippen molar-refractivity contribution in [3.8, 4) is 0 Å². The van der Waals surface area contributed by atoms with E-state index in [1.807, 2.05) is 12.4 Å². The van der Waals surface area contributed by atoms with Crippen LogP contribution in [0.25, 0.3) is 0 Å². The molecule has 1 aliphatic rings. The third-order valence-electron chi connectivity index (χ3n) is 3.42. The summed E-state index contributed by atoms with van der Waals surface area (Å²) in [6.45, 7) is 4.51. The Bertz CT molecular complexity index is 507. The van der Waals surface area contributed by atoms with Gasteiger partial charge in [-0.2, -0.15) is 0 Å². The molecule has 0 atom stereocenters. The molecule has 1 aromatic rings. The lowest BCUT2D eigenvalue weighted by atomic mass is 10.3. The summed E-state index contributed by atoms with van der Waals surface area (Å²) in [5, 5.41) is 4.90. The fraction of sp³-hybridized carbons (Fsp3) is 0.692.